The van der Waals surface area contributed by atoms with Gasteiger partial charge in [0.25, 0.3) is 21.6 Å². The number of nitrogens with one attached hydrogen (secondary N) is 2. The molecule has 15 heteroatoms. The second kappa shape index (κ2) is 17.8. The lowest BCUT2D eigenvalue weighted by Gasteiger charge is -2.39. The lowest BCUT2D eigenvalue weighted by atomic mass is 9.72. The van der Waals surface area contributed by atoms with Crippen molar-refractivity contribution in [2.75, 3.05) is 56.0 Å². The fraction of sp³-hybridized carbons (Fsp3) is 0.413. The Hall–Kier alpha value is -5.02. The van der Waals surface area contributed by atoms with Gasteiger partial charge >= 0.3 is 0 Å². The number of nitrogens with zero attached hydrogens (tertiary/aromatic N) is 4. The molecule has 0 unspecified atom stereocenters. The summed E-state index contributed by atoms with van der Waals surface area (Å²) in [6, 6.07) is 22.7. The van der Waals surface area contributed by atoms with Gasteiger partial charge in [0, 0.05) is 86.8 Å². The van der Waals surface area contributed by atoms with Crippen LogP contribution in [0.2, 0.25) is 5.02 Å². The molecule has 2 N–H and O–H groups in total. The molecule has 0 aromatic heterocycles. The van der Waals surface area contributed by atoms with Gasteiger partial charge in [-0.3, -0.25) is 19.8 Å². The number of nitro groups is 1. The van der Waals surface area contributed by atoms with Crippen molar-refractivity contribution in [3.63, 3.8) is 0 Å². The third-order valence-corrected chi connectivity index (χ3v) is 14.0. The minimum absolute atomic E-state index is 0.0141. The van der Waals surface area contributed by atoms with Crippen molar-refractivity contribution >= 4 is 50.2 Å². The SMILES string of the molecule is CC1(C)CCC(CN2CCN(c3ccc(C(=O)NS(=O)(=O)c4ccc(NC5CCN(C6CC6)CC5)c([N+](=O)[O-])c4)c(Oc4cccc(F)c4)c3)CC2)=C(c2ccc(Cl)cc2)C1. The molecule has 61 heavy (non-hydrogen) atoms. The molecule has 322 valence electrons. The number of carbonyl (C=O) groups excluding carboxylic acids is 1. The highest BCUT2D eigenvalue weighted by molar-refractivity contribution is 7.90. The smallest absolute Gasteiger partial charge is 0.293 e. The van der Waals surface area contributed by atoms with E-state index in [1.807, 2.05) is 12.1 Å². The number of piperazine rings is 1. The van der Waals surface area contributed by atoms with Gasteiger partial charge in [0.2, 0.25) is 0 Å². The van der Waals surface area contributed by atoms with E-state index in [1.54, 1.807) is 12.1 Å². The Labute approximate surface area is 361 Å². The summed E-state index contributed by atoms with van der Waals surface area (Å²) < 4.78 is 49.7. The zero-order valence-corrected chi connectivity index (χ0v) is 36.1. The third kappa shape index (κ3) is 10.4. The quantitative estimate of drug-likeness (QED) is 0.0989. The molecule has 0 atom stereocenters. The van der Waals surface area contributed by atoms with Crippen LogP contribution in [0.1, 0.15) is 74.7 Å². The van der Waals surface area contributed by atoms with Crippen molar-refractivity contribution in [3.8, 4) is 11.5 Å². The van der Waals surface area contributed by atoms with Crippen LogP contribution in [0.15, 0.2) is 95.4 Å². The molecule has 1 amide bonds. The molecule has 2 aliphatic heterocycles. The van der Waals surface area contributed by atoms with E-state index in [0.29, 0.717) is 19.1 Å². The zero-order valence-electron chi connectivity index (χ0n) is 34.5. The van der Waals surface area contributed by atoms with Crippen LogP contribution in [0.4, 0.5) is 21.5 Å². The molecule has 0 radical (unpaired) electrons. The topological polar surface area (TPSA) is 137 Å². The summed E-state index contributed by atoms with van der Waals surface area (Å²) in [7, 11) is -4.58. The average molecular weight is 871 g/mol. The number of likely N-dealkylation sites (tertiary alicyclic amines) is 1. The minimum Gasteiger partial charge on any atom is -0.456 e. The number of hydrogen-bond donors (Lipinski definition) is 2. The normalized spacial score (nSPS) is 19.1. The maximum absolute atomic E-state index is 14.3. The number of anilines is 2. The lowest BCUT2D eigenvalue weighted by molar-refractivity contribution is -0.384. The summed E-state index contributed by atoms with van der Waals surface area (Å²) in [4.78, 5) is 32.0. The van der Waals surface area contributed by atoms with Crippen LogP contribution in [-0.4, -0.2) is 86.9 Å². The number of piperidine rings is 1. The first-order valence-electron chi connectivity index (χ1n) is 21.1. The first-order valence-corrected chi connectivity index (χ1v) is 22.9. The van der Waals surface area contributed by atoms with Crippen LogP contribution in [0, 0.1) is 21.3 Å². The maximum Gasteiger partial charge on any atom is 0.293 e. The van der Waals surface area contributed by atoms with Crippen LogP contribution < -0.4 is 19.7 Å². The van der Waals surface area contributed by atoms with Gasteiger partial charge in [-0.25, -0.2) is 17.5 Å². The van der Waals surface area contributed by atoms with E-state index < -0.39 is 37.3 Å². The molecule has 12 nitrogen and oxygen atoms in total. The van der Waals surface area contributed by atoms with Crippen molar-refractivity contribution in [3.05, 3.63) is 123 Å². The number of nitro benzene ring substituents is 1. The molecule has 1 saturated carbocycles. The number of benzene rings is 4. The molecule has 8 rings (SSSR count). The number of hydrogen-bond acceptors (Lipinski definition) is 10. The van der Waals surface area contributed by atoms with Gasteiger partial charge in [0.15, 0.2) is 0 Å². The van der Waals surface area contributed by atoms with Gasteiger partial charge in [-0.2, -0.15) is 0 Å². The summed E-state index contributed by atoms with van der Waals surface area (Å²) in [5, 5.41) is 16.1. The molecule has 4 aromatic carbocycles. The number of halogens is 2. The predicted molar refractivity (Wildman–Crippen MR) is 237 cm³/mol. The number of rotatable bonds is 13. The Morgan fingerprint density at radius 1 is 0.934 bits per heavy atom. The second-order valence-electron chi connectivity index (χ2n) is 17.5. The van der Waals surface area contributed by atoms with Crippen LogP contribution in [-0.2, 0) is 10.0 Å². The number of amides is 1. The van der Waals surface area contributed by atoms with E-state index in [0.717, 1.165) is 81.6 Å². The molecule has 4 aliphatic rings. The fourth-order valence-corrected chi connectivity index (χ4v) is 9.90. The van der Waals surface area contributed by atoms with E-state index in [4.69, 9.17) is 16.3 Å². The molecular weight excluding hydrogens is 819 g/mol. The number of allylic oxidation sites excluding steroid dienone is 1. The Kier molecular flexibility index (Phi) is 12.4. The van der Waals surface area contributed by atoms with Crippen LogP contribution in [0.5, 0.6) is 11.5 Å². The minimum atomic E-state index is -4.58. The van der Waals surface area contributed by atoms with E-state index in [-0.39, 0.29) is 34.2 Å². The van der Waals surface area contributed by atoms with E-state index in [2.05, 4.69) is 50.7 Å². The van der Waals surface area contributed by atoms with Gasteiger partial charge in [0.05, 0.1) is 15.4 Å². The summed E-state index contributed by atoms with van der Waals surface area (Å²) in [5.74, 6) is -1.40. The van der Waals surface area contributed by atoms with Crippen molar-refractivity contribution in [2.45, 2.75) is 75.8 Å². The first kappa shape index (κ1) is 42.7. The Bertz CT molecular complexity index is 2430. The molecule has 3 fully saturated rings. The first-order chi connectivity index (χ1) is 29.2. The second-order valence-corrected chi connectivity index (χ2v) is 19.6. The fourth-order valence-electron chi connectivity index (χ4n) is 8.79. The Balaban J connectivity index is 0.974. The lowest BCUT2D eigenvalue weighted by Crippen LogP contribution is -2.47. The van der Waals surface area contributed by atoms with Crippen molar-refractivity contribution < 1.29 is 27.3 Å². The van der Waals surface area contributed by atoms with Gasteiger partial charge in [-0.05, 0) is 110 Å². The highest BCUT2D eigenvalue weighted by atomic mass is 35.5. The van der Waals surface area contributed by atoms with Gasteiger partial charge in [-0.15, -0.1) is 0 Å². The maximum atomic E-state index is 14.3. The highest BCUT2D eigenvalue weighted by Gasteiger charge is 2.33. The average Bonchev–Trinajstić information content (AvgIpc) is 4.08. The Morgan fingerprint density at radius 2 is 1.67 bits per heavy atom. The summed E-state index contributed by atoms with van der Waals surface area (Å²) in [6.45, 7) is 10.3. The molecule has 0 spiro atoms. The Morgan fingerprint density at radius 3 is 2.36 bits per heavy atom. The monoisotopic (exact) mass is 870 g/mol. The highest BCUT2D eigenvalue weighted by Crippen LogP contribution is 2.43. The molecule has 2 aliphatic carbocycles. The predicted octanol–water partition coefficient (Wildman–Crippen LogP) is 9.12. The molecular formula is C46H52ClFN6O6S. The van der Waals surface area contributed by atoms with Crippen molar-refractivity contribution in [2.24, 2.45) is 5.41 Å². The van der Waals surface area contributed by atoms with Crippen LogP contribution in [0.25, 0.3) is 5.57 Å². The van der Waals surface area contributed by atoms with E-state index in [9.17, 15) is 27.7 Å². The molecule has 2 heterocycles. The van der Waals surface area contributed by atoms with Crippen LogP contribution >= 0.6 is 11.6 Å². The zero-order chi connectivity index (χ0) is 42.9. The molecule has 2 saturated heterocycles. The van der Waals surface area contributed by atoms with Crippen molar-refractivity contribution in [1.82, 2.24) is 14.5 Å². The van der Waals surface area contributed by atoms with E-state index >= 15 is 0 Å². The summed E-state index contributed by atoms with van der Waals surface area (Å²) in [6.07, 6.45) is 7.23. The largest absolute Gasteiger partial charge is 0.456 e. The molecule has 0 bridgehead atoms. The van der Waals surface area contributed by atoms with Gasteiger partial charge < -0.3 is 19.9 Å². The van der Waals surface area contributed by atoms with Crippen molar-refractivity contribution in [1.29, 1.82) is 0 Å². The standard InChI is InChI=1S/C46H52ClFN6O6S/c1-46(2)19-16-32(41(29-46)31-6-8-33(47)9-7-31)30-51-22-24-53(25-23-51)37-12-14-40(44(27-37)60-38-5-3-4-34(48)26-38)45(55)50-61(58,59)39-13-15-42(43(28-39)54(56)57)49-35-17-20-52(21-18-35)36-10-11-36/h3-9,12-15,26-28,35-36,49H,10-11,16-25,29-30H2,1-2H3,(H,50,55). The van der Waals surface area contributed by atoms with Gasteiger partial charge in [0.1, 0.15) is 23.0 Å². The number of ether oxygens (including phenoxy) is 1. The molecule has 4 aromatic rings. The summed E-state index contributed by atoms with van der Waals surface area (Å²) >= 11 is 6.23. The van der Waals surface area contributed by atoms with Gasteiger partial charge in [-0.1, -0.05) is 49.2 Å². The summed E-state index contributed by atoms with van der Waals surface area (Å²) in [5.41, 5.74) is 4.74. The van der Waals surface area contributed by atoms with Crippen LogP contribution in [0.3, 0.4) is 0 Å². The third-order valence-electron chi connectivity index (χ3n) is 12.4. The number of carbonyl (C=O) groups is 1. The van der Waals surface area contributed by atoms with E-state index in [1.165, 1.54) is 72.0 Å². The number of sulfonamides is 1.